The lowest BCUT2D eigenvalue weighted by atomic mass is 10.0. The Morgan fingerprint density at radius 1 is 1.23 bits per heavy atom. The lowest BCUT2D eigenvalue weighted by Crippen LogP contribution is -2.33. The van der Waals surface area contributed by atoms with E-state index >= 15 is 0 Å². The smallest absolute Gasteiger partial charge is 0.327 e. The first kappa shape index (κ1) is 24.3. The molecule has 4 rings (SSSR count). The minimum Gasteiger partial charge on any atom is -0.468 e. The molecular weight excluding hydrogens is 448 g/mol. The topological polar surface area (TPSA) is 119 Å². The van der Waals surface area contributed by atoms with Gasteiger partial charge >= 0.3 is 5.97 Å². The fourth-order valence-corrected chi connectivity index (χ4v) is 4.44. The first-order valence-electron chi connectivity index (χ1n) is 11.7. The van der Waals surface area contributed by atoms with Crippen molar-refractivity contribution in [3.63, 3.8) is 0 Å². The number of esters is 1. The molecule has 4 aromatic rings. The summed E-state index contributed by atoms with van der Waals surface area (Å²) in [5, 5.41) is 13.0. The Kier molecular flexibility index (Phi) is 7.40. The molecule has 0 aliphatic carbocycles. The minimum atomic E-state index is -0.412. The molecule has 0 aliphatic rings. The van der Waals surface area contributed by atoms with Crippen LogP contribution in [0.5, 0.6) is 0 Å². The number of carbonyl (C=O) groups is 1. The molecule has 10 heteroatoms. The maximum atomic E-state index is 13.1. The van der Waals surface area contributed by atoms with Gasteiger partial charge in [-0.05, 0) is 72.8 Å². The number of carbonyl (C=O) groups excluding carboxylic acids is 1. The van der Waals surface area contributed by atoms with Gasteiger partial charge in [-0.1, -0.05) is 18.6 Å². The molecule has 3 aromatic heterocycles. The van der Waals surface area contributed by atoms with Gasteiger partial charge in [-0.25, -0.2) is 4.68 Å². The van der Waals surface area contributed by atoms with Crippen molar-refractivity contribution >= 4 is 16.9 Å². The molecule has 1 atom stereocenters. The molecule has 0 spiro atoms. The summed E-state index contributed by atoms with van der Waals surface area (Å²) in [5.74, 6) is 0.859. The van der Waals surface area contributed by atoms with Gasteiger partial charge in [0, 0.05) is 12.1 Å². The number of nitrogens with zero attached hydrogens (tertiary/aromatic N) is 5. The Bertz CT molecular complexity index is 1360. The summed E-state index contributed by atoms with van der Waals surface area (Å²) >= 11 is 0. The van der Waals surface area contributed by atoms with Gasteiger partial charge in [-0.3, -0.25) is 14.5 Å². The van der Waals surface area contributed by atoms with Crippen molar-refractivity contribution in [1.29, 1.82) is 0 Å². The Labute approximate surface area is 202 Å². The van der Waals surface area contributed by atoms with Gasteiger partial charge in [-0.2, -0.15) is 0 Å². The van der Waals surface area contributed by atoms with Crippen LogP contribution in [0.1, 0.15) is 54.6 Å². The van der Waals surface area contributed by atoms with Crippen molar-refractivity contribution in [2.45, 2.75) is 59.8 Å². The third-order valence-electron chi connectivity index (χ3n) is 5.95. The molecule has 0 amide bonds. The second-order valence-electron chi connectivity index (χ2n) is 8.58. The van der Waals surface area contributed by atoms with E-state index in [1.807, 2.05) is 39.0 Å². The maximum Gasteiger partial charge on any atom is 0.327 e. The molecule has 1 N–H and O–H groups in total. The van der Waals surface area contributed by atoms with E-state index in [9.17, 15) is 9.59 Å². The highest BCUT2D eigenvalue weighted by Gasteiger charge is 2.27. The lowest BCUT2D eigenvalue weighted by Gasteiger charge is -2.29. The van der Waals surface area contributed by atoms with Crippen molar-refractivity contribution in [3.05, 3.63) is 75.2 Å². The highest BCUT2D eigenvalue weighted by atomic mass is 16.5. The zero-order chi connectivity index (χ0) is 24.9. The van der Waals surface area contributed by atoms with Crippen LogP contribution in [0.3, 0.4) is 0 Å². The van der Waals surface area contributed by atoms with E-state index in [-0.39, 0.29) is 24.8 Å². The number of benzene rings is 1. The van der Waals surface area contributed by atoms with Gasteiger partial charge in [0.1, 0.15) is 12.3 Å². The average molecular weight is 479 g/mol. The number of H-pyrrole nitrogens is 1. The summed E-state index contributed by atoms with van der Waals surface area (Å²) in [6.45, 7) is 8.76. The highest BCUT2D eigenvalue weighted by molar-refractivity contribution is 5.82. The van der Waals surface area contributed by atoms with Crippen LogP contribution in [-0.2, 0) is 29.2 Å². The largest absolute Gasteiger partial charge is 0.468 e. The van der Waals surface area contributed by atoms with E-state index in [1.165, 1.54) is 4.68 Å². The molecule has 10 nitrogen and oxygen atoms in total. The van der Waals surface area contributed by atoms with Crippen LogP contribution in [0, 0.1) is 13.8 Å². The molecule has 0 bridgehead atoms. The first-order chi connectivity index (χ1) is 16.9. The van der Waals surface area contributed by atoms with Gasteiger partial charge in [-0.15, -0.1) is 5.10 Å². The number of aromatic nitrogens is 5. The van der Waals surface area contributed by atoms with Crippen LogP contribution >= 0.6 is 0 Å². The molecule has 0 aliphatic heterocycles. The number of fused-ring (bicyclic) bond motifs is 1. The number of hydrogen-bond acceptors (Lipinski definition) is 8. The van der Waals surface area contributed by atoms with Crippen molar-refractivity contribution < 1.29 is 13.9 Å². The van der Waals surface area contributed by atoms with Gasteiger partial charge < -0.3 is 14.1 Å². The molecule has 184 valence electrons. The Morgan fingerprint density at radius 2 is 2.06 bits per heavy atom. The number of rotatable bonds is 10. The van der Waals surface area contributed by atoms with Crippen molar-refractivity contribution in [2.24, 2.45) is 0 Å². The summed E-state index contributed by atoms with van der Waals surface area (Å²) in [5.41, 5.74) is 3.48. The standard InChI is InChI=1S/C25H30N6O4/c1-5-21(24-27-28-29-31(24)15-22(32)34-6-2)30(14-20-8-7-9-35-20)13-19-12-18-11-16(3)10-17(4)23(18)26-25(19)33/h7-12,21H,5-6,13-15H2,1-4H3,(H,26,33)/t21-/m0/s1. The van der Waals surface area contributed by atoms with E-state index < -0.39 is 5.97 Å². The summed E-state index contributed by atoms with van der Waals surface area (Å²) in [6, 6.07) is 9.50. The average Bonchev–Trinajstić information content (AvgIpc) is 3.48. The minimum absolute atomic E-state index is 0.0869. The quantitative estimate of drug-likeness (QED) is 0.344. The van der Waals surface area contributed by atoms with Gasteiger partial charge in [0.25, 0.3) is 5.56 Å². The Morgan fingerprint density at radius 3 is 2.77 bits per heavy atom. The van der Waals surface area contributed by atoms with E-state index in [2.05, 4.69) is 37.5 Å². The number of hydrogen-bond donors (Lipinski definition) is 1. The highest BCUT2D eigenvalue weighted by Crippen LogP contribution is 2.27. The molecule has 0 fully saturated rings. The lowest BCUT2D eigenvalue weighted by molar-refractivity contribution is -0.144. The maximum absolute atomic E-state index is 13.1. The van der Waals surface area contributed by atoms with E-state index in [4.69, 9.17) is 9.15 Å². The van der Waals surface area contributed by atoms with Crippen molar-refractivity contribution in [1.82, 2.24) is 30.1 Å². The molecule has 0 saturated heterocycles. The van der Waals surface area contributed by atoms with E-state index in [0.717, 1.165) is 27.8 Å². The first-order valence-corrected chi connectivity index (χ1v) is 11.7. The number of aryl methyl sites for hydroxylation is 2. The molecule has 35 heavy (non-hydrogen) atoms. The van der Waals surface area contributed by atoms with Crippen molar-refractivity contribution in [3.8, 4) is 0 Å². The molecule has 0 saturated carbocycles. The van der Waals surface area contributed by atoms with Crippen LogP contribution < -0.4 is 5.56 Å². The number of nitrogens with one attached hydrogen (secondary N) is 1. The summed E-state index contributed by atoms with van der Waals surface area (Å²) in [4.78, 5) is 30.3. The number of furan rings is 1. The summed E-state index contributed by atoms with van der Waals surface area (Å²) in [7, 11) is 0. The Hall–Kier alpha value is -3.79. The number of pyridine rings is 1. The zero-order valence-corrected chi connectivity index (χ0v) is 20.4. The molecule has 3 heterocycles. The van der Waals surface area contributed by atoms with E-state index in [1.54, 1.807) is 13.2 Å². The third-order valence-corrected chi connectivity index (χ3v) is 5.95. The molecule has 1 aromatic carbocycles. The second-order valence-corrected chi connectivity index (χ2v) is 8.58. The predicted molar refractivity (Wildman–Crippen MR) is 129 cm³/mol. The number of ether oxygens (including phenoxy) is 1. The second kappa shape index (κ2) is 10.6. The van der Waals surface area contributed by atoms with E-state index in [0.29, 0.717) is 30.9 Å². The summed E-state index contributed by atoms with van der Waals surface area (Å²) in [6.07, 6.45) is 2.27. The van der Waals surface area contributed by atoms with Crippen LogP contribution in [-0.4, -0.2) is 42.7 Å². The van der Waals surface area contributed by atoms with Crippen LogP contribution in [0.2, 0.25) is 0 Å². The number of tetrazole rings is 1. The molecular formula is C25H30N6O4. The van der Waals surface area contributed by atoms with Gasteiger partial charge in [0.2, 0.25) is 0 Å². The normalized spacial score (nSPS) is 12.4. The monoisotopic (exact) mass is 478 g/mol. The molecule has 0 radical (unpaired) electrons. The fourth-order valence-electron chi connectivity index (χ4n) is 4.44. The summed E-state index contributed by atoms with van der Waals surface area (Å²) < 4.78 is 12.1. The van der Waals surface area contributed by atoms with Crippen LogP contribution in [0.25, 0.3) is 10.9 Å². The molecule has 0 unspecified atom stereocenters. The Balaban J connectivity index is 1.71. The van der Waals surface area contributed by atoms with Crippen LogP contribution in [0.4, 0.5) is 0 Å². The number of aromatic amines is 1. The fraction of sp³-hybridized carbons (Fsp3) is 0.400. The third kappa shape index (κ3) is 5.48. The van der Waals surface area contributed by atoms with Crippen LogP contribution in [0.15, 0.2) is 45.8 Å². The zero-order valence-electron chi connectivity index (χ0n) is 20.4. The SMILES string of the molecule is CCOC(=O)Cn1nnnc1[C@H](CC)N(Cc1ccco1)Cc1cc2cc(C)cc(C)c2[nH]c1=O. The van der Waals surface area contributed by atoms with Gasteiger partial charge in [0.05, 0.1) is 31.0 Å². The van der Waals surface area contributed by atoms with Gasteiger partial charge in [0.15, 0.2) is 5.82 Å². The van der Waals surface area contributed by atoms with Crippen molar-refractivity contribution in [2.75, 3.05) is 6.61 Å². The predicted octanol–water partition coefficient (Wildman–Crippen LogP) is 3.44.